The van der Waals surface area contributed by atoms with Crippen LogP contribution in [0, 0.1) is 0 Å². The van der Waals surface area contributed by atoms with E-state index in [9.17, 15) is 14.4 Å². The number of hydrogen-bond donors (Lipinski definition) is 1. The summed E-state index contributed by atoms with van der Waals surface area (Å²) in [6, 6.07) is 4.60. The molecule has 2 amide bonds. The summed E-state index contributed by atoms with van der Waals surface area (Å²) in [5.41, 5.74) is 0.683. The highest BCUT2D eigenvalue weighted by molar-refractivity contribution is 6.53. The number of carbonyl (C=O) groups is 3. The van der Waals surface area contributed by atoms with Crippen molar-refractivity contribution in [3.8, 4) is 0 Å². The second-order valence-electron chi connectivity index (χ2n) is 4.76. The summed E-state index contributed by atoms with van der Waals surface area (Å²) in [4.78, 5) is 36.8. The van der Waals surface area contributed by atoms with E-state index in [0.717, 1.165) is 6.42 Å². The first-order valence-electron chi connectivity index (χ1n) is 6.39. The van der Waals surface area contributed by atoms with Crippen molar-refractivity contribution < 1.29 is 14.4 Å². The van der Waals surface area contributed by atoms with E-state index >= 15 is 0 Å². The molecule has 0 aliphatic carbocycles. The predicted octanol–water partition coefficient (Wildman–Crippen LogP) is 1.78. The first-order valence-corrected chi connectivity index (χ1v) is 6.77. The Hall–Kier alpha value is -1.88. The number of fused-ring (bicyclic) bond motifs is 1. The quantitative estimate of drug-likeness (QED) is 0.861. The molecule has 106 valence electrons. The molecule has 1 heterocycles. The predicted molar refractivity (Wildman–Crippen MR) is 76.0 cm³/mol. The monoisotopic (exact) mass is 294 g/mol. The molecule has 1 aromatic carbocycles. The Morgan fingerprint density at radius 2 is 2.10 bits per heavy atom. The molecular formula is C14H15ClN2O3. The van der Waals surface area contributed by atoms with Gasteiger partial charge < -0.3 is 5.32 Å². The van der Waals surface area contributed by atoms with Crippen molar-refractivity contribution >= 4 is 34.9 Å². The molecule has 1 unspecified atom stereocenters. The molecule has 0 spiro atoms. The molecule has 5 nitrogen and oxygen atoms in total. The molecule has 0 saturated carbocycles. The van der Waals surface area contributed by atoms with E-state index in [4.69, 9.17) is 11.6 Å². The maximum atomic E-state index is 11.9. The Morgan fingerprint density at radius 1 is 1.40 bits per heavy atom. The van der Waals surface area contributed by atoms with Crippen molar-refractivity contribution in [1.82, 2.24) is 5.32 Å². The Bertz CT molecular complexity index is 586. The number of Topliss-reactive ketones (excluding diaryl/α,β-unsaturated/α-hetero) is 1. The van der Waals surface area contributed by atoms with Crippen molar-refractivity contribution in [2.24, 2.45) is 0 Å². The first kappa shape index (κ1) is 14.5. The number of nitrogens with zero attached hydrogens (tertiary/aromatic N) is 1. The van der Waals surface area contributed by atoms with Crippen LogP contribution in [0.5, 0.6) is 0 Å². The second kappa shape index (κ2) is 5.63. The van der Waals surface area contributed by atoms with Crippen molar-refractivity contribution in [2.45, 2.75) is 26.3 Å². The lowest BCUT2D eigenvalue weighted by Crippen LogP contribution is -2.42. The lowest BCUT2D eigenvalue weighted by Gasteiger charge is -2.18. The van der Waals surface area contributed by atoms with Gasteiger partial charge in [-0.25, -0.2) is 0 Å². The maximum Gasteiger partial charge on any atom is 0.299 e. The highest BCUT2D eigenvalue weighted by atomic mass is 35.5. The fourth-order valence-electron chi connectivity index (χ4n) is 1.99. The van der Waals surface area contributed by atoms with Crippen molar-refractivity contribution in [3.05, 3.63) is 28.8 Å². The smallest absolute Gasteiger partial charge is 0.299 e. The summed E-state index contributed by atoms with van der Waals surface area (Å²) in [6.07, 6.45) is 0.793. The van der Waals surface area contributed by atoms with Gasteiger partial charge in [-0.2, -0.15) is 0 Å². The van der Waals surface area contributed by atoms with Crippen LogP contribution in [-0.4, -0.2) is 30.2 Å². The third-order valence-electron chi connectivity index (χ3n) is 3.26. The lowest BCUT2D eigenvalue weighted by molar-refractivity contribution is -0.122. The van der Waals surface area contributed by atoms with E-state index in [1.54, 1.807) is 6.07 Å². The number of rotatable bonds is 4. The van der Waals surface area contributed by atoms with Crippen molar-refractivity contribution in [3.63, 3.8) is 0 Å². The average Bonchev–Trinajstić information content (AvgIpc) is 2.63. The van der Waals surface area contributed by atoms with Crippen LogP contribution in [0.25, 0.3) is 0 Å². The number of benzene rings is 1. The Labute approximate surface area is 121 Å². The van der Waals surface area contributed by atoms with Gasteiger partial charge in [-0.05, 0) is 31.5 Å². The zero-order valence-electron chi connectivity index (χ0n) is 11.3. The third-order valence-corrected chi connectivity index (χ3v) is 3.49. The molecule has 1 atom stereocenters. The highest BCUT2D eigenvalue weighted by Gasteiger charge is 2.36. The van der Waals surface area contributed by atoms with Gasteiger partial charge in [-0.1, -0.05) is 18.5 Å². The minimum atomic E-state index is -0.693. The molecule has 6 heteroatoms. The number of nitrogens with one attached hydrogen (secondary N) is 1. The summed E-state index contributed by atoms with van der Waals surface area (Å²) in [7, 11) is 0. The van der Waals surface area contributed by atoms with Gasteiger partial charge >= 0.3 is 0 Å². The van der Waals surface area contributed by atoms with Gasteiger partial charge in [0.05, 0.1) is 11.3 Å². The normalized spacial score (nSPS) is 15.2. The molecule has 0 bridgehead atoms. The van der Waals surface area contributed by atoms with Crippen molar-refractivity contribution in [1.29, 1.82) is 0 Å². The minimum Gasteiger partial charge on any atom is -0.352 e. The van der Waals surface area contributed by atoms with Crippen LogP contribution in [0.15, 0.2) is 18.2 Å². The number of halogens is 1. The Kier molecular flexibility index (Phi) is 4.09. The average molecular weight is 295 g/mol. The summed E-state index contributed by atoms with van der Waals surface area (Å²) in [6.45, 7) is 3.65. The molecule has 1 aromatic rings. The van der Waals surface area contributed by atoms with Gasteiger partial charge in [0.25, 0.3) is 11.7 Å². The van der Waals surface area contributed by atoms with Crippen LogP contribution in [0.3, 0.4) is 0 Å². The molecule has 0 saturated heterocycles. The van der Waals surface area contributed by atoms with Crippen LogP contribution in [-0.2, 0) is 9.59 Å². The molecule has 0 radical (unpaired) electrons. The molecule has 1 aliphatic heterocycles. The molecule has 2 rings (SSSR count). The summed E-state index contributed by atoms with van der Waals surface area (Å²) >= 11 is 5.88. The first-order chi connectivity index (χ1) is 9.43. The van der Waals surface area contributed by atoms with Crippen LogP contribution in [0.2, 0.25) is 5.02 Å². The number of amides is 2. The van der Waals surface area contributed by atoms with Gasteiger partial charge in [0.15, 0.2) is 0 Å². The minimum absolute atomic E-state index is 0.0229. The van der Waals surface area contributed by atoms with E-state index in [-0.39, 0.29) is 24.1 Å². The topological polar surface area (TPSA) is 66.5 Å². The van der Waals surface area contributed by atoms with E-state index in [1.165, 1.54) is 17.0 Å². The molecule has 20 heavy (non-hydrogen) atoms. The van der Waals surface area contributed by atoms with Crippen LogP contribution < -0.4 is 10.2 Å². The Morgan fingerprint density at radius 3 is 2.75 bits per heavy atom. The highest BCUT2D eigenvalue weighted by Crippen LogP contribution is 2.31. The molecule has 1 N–H and O–H groups in total. The lowest BCUT2D eigenvalue weighted by atomic mass is 10.1. The summed E-state index contributed by atoms with van der Waals surface area (Å²) < 4.78 is 0. The van der Waals surface area contributed by atoms with Gasteiger partial charge in [0.2, 0.25) is 5.91 Å². The van der Waals surface area contributed by atoms with Crippen molar-refractivity contribution in [2.75, 3.05) is 11.4 Å². The molecule has 1 aliphatic rings. The third kappa shape index (κ3) is 2.67. The standard InChI is InChI=1S/C14H15ClN2O3/c1-3-8(2)16-12(18)7-17-11-6-9(15)4-5-10(11)13(19)14(17)20/h4-6,8H,3,7H2,1-2H3,(H,16,18). The summed E-state index contributed by atoms with van der Waals surface area (Å²) in [5, 5.41) is 3.18. The van der Waals surface area contributed by atoms with Crippen LogP contribution in [0.4, 0.5) is 5.69 Å². The van der Waals surface area contributed by atoms with Gasteiger partial charge in [-0.3, -0.25) is 19.3 Å². The van der Waals surface area contributed by atoms with Gasteiger partial charge in [-0.15, -0.1) is 0 Å². The molecule has 0 aromatic heterocycles. The van der Waals surface area contributed by atoms with Gasteiger partial charge in [0, 0.05) is 11.1 Å². The number of hydrogen-bond acceptors (Lipinski definition) is 3. The van der Waals surface area contributed by atoms with Crippen LogP contribution in [0.1, 0.15) is 30.6 Å². The molecule has 0 fully saturated rings. The van der Waals surface area contributed by atoms with E-state index < -0.39 is 11.7 Å². The zero-order valence-corrected chi connectivity index (χ0v) is 12.0. The molecular weight excluding hydrogens is 280 g/mol. The number of anilines is 1. The fourth-order valence-corrected chi connectivity index (χ4v) is 2.16. The van der Waals surface area contributed by atoms with Crippen LogP contribution >= 0.6 is 11.6 Å². The summed E-state index contributed by atoms with van der Waals surface area (Å²) in [5.74, 6) is -1.59. The number of ketones is 1. The van der Waals surface area contributed by atoms with E-state index in [0.29, 0.717) is 10.7 Å². The van der Waals surface area contributed by atoms with E-state index in [2.05, 4.69) is 5.32 Å². The maximum absolute atomic E-state index is 11.9. The number of carbonyl (C=O) groups excluding carboxylic acids is 3. The zero-order chi connectivity index (χ0) is 14.9. The van der Waals surface area contributed by atoms with E-state index in [1.807, 2.05) is 13.8 Å². The second-order valence-corrected chi connectivity index (χ2v) is 5.20. The SMILES string of the molecule is CCC(C)NC(=O)CN1C(=O)C(=O)c2ccc(Cl)cc21. The largest absolute Gasteiger partial charge is 0.352 e. The fraction of sp³-hybridized carbons (Fsp3) is 0.357. The Balaban J connectivity index is 2.21. The van der Waals surface area contributed by atoms with Gasteiger partial charge in [0.1, 0.15) is 6.54 Å².